The van der Waals surface area contributed by atoms with Crippen LogP contribution >= 0.6 is 11.6 Å². The number of alkyl halides is 3. The van der Waals surface area contributed by atoms with Gasteiger partial charge >= 0.3 is 6.18 Å². The number of nitrogens with one attached hydrogen (secondary N) is 1. The lowest BCUT2D eigenvalue weighted by atomic mass is 10.1. The number of sulfonamides is 1. The molecule has 0 saturated heterocycles. The molecular formula is C19H20ClF3N2O4S. The average molecular weight is 465 g/mol. The molecule has 2 aromatic rings. The van der Waals surface area contributed by atoms with Crippen molar-refractivity contribution in [1.82, 2.24) is 4.31 Å². The molecule has 0 atom stereocenters. The first-order valence-corrected chi connectivity index (χ1v) is 10.6. The summed E-state index contributed by atoms with van der Waals surface area (Å²) in [5, 5.41) is 1.82. The molecule has 0 fully saturated rings. The molecule has 11 heteroatoms. The van der Waals surface area contributed by atoms with Crippen LogP contribution in [0.15, 0.2) is 41.3 Å². The Morgan fingerprint density at radius 1 is 1.13 bits per heavy atom. The van der Waals surface area contributed by atoms with Crippen LogP contribution in [-0.2, 0) is 16.2 Å². The summed E-state index contributed by atoms with van der Waals surface area (Å²) >= 11 is 5.58. The van der Waals surface area contributed by atoms with Crippen LogP contribution in [0.25, 0.3) is 0 Å². The topological polar surface area (TPSA) is 75.7 Å². The summed E-state index contributed by atoms with van der Waals surface area (Å²) < 4.78 is 71.1. The van der Waals surface area contributed by atoms with E-state index < -0.39 is 32.7 Å². The number of hydrogen-bond acceptors (Lipinski definition) is 4. The number of halogens is 4. The maximum atomic E-state index is 13.0. The SMILES string of the molecule is CCN(CC)S(=O)(=O)c1cc(C(=O)Nc2ccc(Cl)c(C(F)(F)F)c2)ccc1OC. The summed E-state index contributed by atoms with van der Waals surface area (Å²) in [5.74, 6) is -0.742. The minimum Gasteiger partial charge on any atom is -0.495 e. The number of rotatable bonds is 7. The first kappa shape index (κ1) is 24.0. The Hall–Kier alpha value is -2.30. The van der Waals surface area contributed by atoms with Crippen molar-refractivity contribution < 1.29 is 31.1 Å². The normalized spacial score (nSPS) is 12.1. The zero-order valence-electron chi connectivity index (χ0n) is 16.4. The smallest absolute Gasteiger partial charge is 0.417 e. The van der Waals surface area contributed by atoms with Crippen molar-refractivity contribution in [3.05, 3.63) is 52.5 Å². The highest BCUT2D eigenvalue weighted by atomic mass is 35.5. The number of carbonyl (C=O) groups is 1. The predicted octanol–water partition coefficient (Wildman–Crippen LogP) is 4.65. The standard InChI is InChI=1S/C19H20ClF3N2O4S/c1-4-25(5-2)30(27,28)17-10-12(6-9-16(17)29-3)18(26)24-13-7-8-15(20)14(11-13)19(21,22)23/h6-11H,4-5H2,1-3H3,(H,24,26). The highest BCUT2D eigenvalue weighted by Crippen LogP contribution is 2.36. The molecule has 1 amide bonds. The molecule has 0 radical (unpaired) electrons. The third-order valence-corrected chi connectivity index (χ3v) is 6.68. The maximum absolute atomic E-state index is 13.0. The van der Waals surface area contributed by atoms with Crippen molar-refractivity contribution in [2.75, 3.05) is 25.5 Å². The first-order valence-electron chi connectivity index (χ1n) is 8.82. The molecule has 6 nitrogen and oxygen atoms in total. The molecule has 0 aliphatic heterocycles. The van der Waals surface area contributed by atoms with Crippen molar-refractivity contribution in [2.45, 2.75) is 24.9 Å². The van der Waals surface area contributed by atoms with E-state index in [9.17, 15) is 26.4 Å². The second kappa shape index (κ2) is 9.23. The fraction of sp³-hybridized carbons (Fsp3) is 0.316. The van der Waals surface area contributed by atoms with E-state index in [-0.39, 0.29) is 35.0 Å². The first-order chi connectivity index (χ1) is 13.9. The number of amides is 1. The lowest BCUT2D eigenvalue weighted by Crippen LogP contribution is -2.31. The summed E-state index contributed by atoms with van der Waals surface area (Å²) in [6.07, 6.45) is -4.69. The van der Waals surface area contributed by atoms with Crippen molar-refractivity contribution in [3.63, 3.8) is 0 Å². The van der Waals surface area contributed by atoms with Crippen molar-refractivity contribution in [1.29, 1.82) is 0 Å². The number of carbonyl (C=O) groups excluding carboxylic acids is 1. The molecule has 1 N–H and O–H groups in total. The molecule has 2 rings (SSSR count). The third-order valence-electron chi connectivity index (χ3n) is 4.28. The Bertz CT molecular complexity index is 1040. The molecule has 0 aliphatic carbocycles. The van der Waals surface area contributed by atoms with Gasteiger partial charge in [-0.15, -0.1) is 0 Å². The highest BCUT2D eigenvalue weighted by molar-refractivity contribution is 7.89. The Labute approximate surface area is 177 Å². The van der Waals surface area contributed by atoms with Gasteiger partial charge in [-0.05, 0) is 36.4 Å². The van der Waals surface area contributed by atoms with Crippen LogP contribution in [-0.4, -0.2) is 38.8 Å². The van der Waals surface area contributed by atoms with Gasteiger partial charge in [-0.25, -0.2) is 8.42 Å². The largest absolute Gasteiger partial charge is 0.495 e. The lowest BCUT2D eigenvalue weighted by molar-refractivity contribution is -0.137. The minimum atomic E-state index is -4.69. The van der Waals surface area contributed by atoms with Crippen LogP contribution in [0.2, 0.25) is 5.02 Å². The van der Waals surface area contributed by atoms with Gasteiger partial charge in [-0.1, -0.05) is 25.4 Å². The second-order valence-corrected chi connectivity index (χ2v) is 8.42. The summed E-state index contributed by atoms with van der Waals surface area (Å²) in [7, 11) is -2.65. The zero-order valence-corrected chi connectivity index (χ0v) is 18.0. The van der Waals surface area contributed by atoms with Gasteiger partial charge in [-0.3, -0.25) is 4.79 Å². The molecule has 0 aliphatic rings. The van der Waals surface area contributed by atoms with Gasteiger partial charge in [0.2, 0.25) is 10.0 Å². The van der Waals surface area contributed by atoms with Gasteiger partial charge < -0.3 is 10.1 Å². The van der Waals surface area contributed by atoms with Crippen molar-refractivity contribution >= 4 is 33.2 Å². The molecule has 30 heavy (non-hydrogen) atoms. The quantitative estimate of drug-likeness (QED) is 0.647. The van der Waals surface area contributed by atoms with E-state index in [1.165, 1.54) is 29.6 Å². The molecule has 0 saturated carbocycles. The fourth-order valence-electron chi connectivity index (χ4n) is 2.75. The summed E-state index contributed by atoms with van der Waals surface area (Å²) in [5.41, 5.74) is -1.30. The molecule has 0 bridgehead atoms. The van der Waals surface area contributed by atoms with E-state index in [0.29, 0.717) is 6.07 Å². The summed E-state index contributed by atoms with van der Waals surface area (Å²) in [6.45, 7) is 3.76. The van der Waals surface area contributed by atoms with Gasteiger partial charge in [0.15, 0.2) is 0 Å². The Kier molecular flexibility index (Phi) is 7.38. The van der Waals surface area contributed by atoms with Crippen LogP contribution in [0, 0.1) is 0 Å². The third kappa shape index (κ3) is 5.05. The van der Waals surface area contributed by atoms with Crippen molar-refractivity contribution in [3.8, 4) is 5.75 Å². The van der Waals surface area contributed by atoms with E-state index in [0.717, 1.165) is 12.1 Å². The predicted molar refractivity (Wildman–Crippen MR) is 108 cm³/mol. The minimum absolute atomic E-state index is 0.0456. The Balaban J connectivity index is 2.43. The second-order valence-electron chi connectivity index (χ2n) is 6.10. The molecule has 164 valence electrons. The number of anilines is 1. The molecular weight excluding hydrogens is 445 g/mol. The number of methoxy groups -OCH3 is 1. The lowest BCUT2D eigenvalue weighted by Gasteiger charge is -2.20. The Morgan fingerprint density at radius 2 is 1.77 bits per heavy atom. The highest BCUT2D eigenvalue weighted by Gasteiger charge is 2.33. The molecule has 0 spiro atoms. The maximum Gasteiger partial charge on any atom is 0.417 e. The van der Waals surface area contributed by atoms with E-state index in [4.69, 9.17) is 16.3 Å². The molecule has 0 aromatic heterocycles. The zero-order chi connectivity index (χ0) is 22.7. The van der Waals surface area contributed by atoms with E-state index >= 15 is 0 Å². The van der Waals surface area contributed by atoms with Gasteiger partial charge in [-0.2, -0.15) is 17.5 Å². The van der Waals surface area contributed by atoms with Gasteiger partial charge in [0, 0.05) is 24.3 Å². The van der Waals surface area contributed by atoms with Crippen LogP contribution in [0.5, 0.6) is 5.75 Å². The van der Waals surface area contributed by atoms with E-state index in [2.05, 4.69) is 5.32 Å². The van der Waals surface area contributed by atoms with Gasteiger partial charge in [0.05, 0.1) is 17.7 Å². The van der Waals surface area contributed by atoms with Crippen LogP contribution < -0.4 is 10.1 Å². The monoisotopic (exact) mass is 464 g/mol. The fourth-order valence-corrected chi connectivity index (χ4v) is 4.61. The van der Waals surface area contributed by atoms with Crippen LogP contribution in [0.3, 0.4) is 0 Å². The van der Waals surface area contributed by atoms with Crippen molar-refractivity contribution in [2.24, 2.45) is 0 Å². The van der Waals surface area contributed by atoms with Gasteiger partial charge in [0.1, 0.15) is 10.6 Å². The Morgan fingerprint density at radius 3 is 2.30 bits per heavy atom. The van der Waals surface area contributed by atoms with E-state index in [1.54, 1.807) is 13.8 Å². The number of nitrogens with zero attached hydrogens (tertiary/aromatic N) is 1. The van der Waals surface area contributed by atoms with Crippen LogP contribution in [0.4, 0.5) is 18.9 Å². The van der Waals surface area contributed by atoms with E-state index in [1.807, 2.05) is 0 Å². The van der Waals surface area contributed by atoms with Gasteiger partial charge in [0.25, 0.3) is 5.91 Å². The summed E-state index contributed by atoms with van der Waals surface area (Å²) in [4.78, 5) is 12.4. The molecule has 2 aromatic carbocycles. The molecule has 0 unspecified atom stereocenters. The number of hydrogen-bond donors (Lipinski definition) is 1. The number of benzene rings is 2. The van der Waals surface area contributed by atoms with Crippen LogP contribution in [0.1, 0.15) is 29.8 Å². The summed E-state index contributed by atoms with van der Waals surface area (Å²) in [6, 6.07) is 6.70. The number of ether oxygens (including phenoxy) is 1. The average Bonchev–Trinajstić information content (AvgIpc) is 2.68. The molecule has 0 heterocycles.